The molecule has 2 heteroatoms. The summed E-state index contributed by atoms with van der Waals surface area (Å²) in [5, 5.41) is 0. The Morgan fingerprint density at radius 3 is 2.46 bits per heavy atom. The molecule has 0 spiro atoms. The van der Waals surface area contributed by atoms with Gasteiger partial charge in [0.05, 0.1) is 0 Å². The van der Waals surface area contributed by atoms with Crippen molar-refractivity contribution in [1.82, 2.24) is 9.80 Å². The molecule has 0 N–H and O–H groups in total. The summed E-state index contributed by atoms with van der Waals surface area (Å²) >= 11 is 0. The smallest absolute Gasteiger partial charge is 0.0109 e. The summed E-state index contributed by atoms with van der Waals surface area (Å²) in [6, 6.07) is 0. The zero-order chi connectivity index (χ0) is 9.52. The molecule has 0 saturated carbocycles. The fraction of sp³-hybridized carbons (Fsp3) is 1.00. The standard InChI is InChI=1S/C11H24N2/c1-3-4-7-12(2)10-11-13-8-5-6-9-13/h3-11H2,1-2H3. The Morgan fingerprint density at radius 2 is 1.85 bits per heavy atom. The van der Waals surface area contributed by atoms with Crippen LogP contribution < -0.4 is 0 Å². The van der Waals surface area contributed by atoms with Crippen LogP contribution in [0.25, 0.3) is 0 Å². The summed E-state index contributed by atoms with van der Waals surface area (Å²) in [4.78, 5) is 5.05. The van der Waals surface area contributed by atoms with Gasteiger partial charge in [0, 0.05) is 13.1 Å². The Balaban J connectivity index is 1.97. The molecule has 0 aromatic heterocycles. The second kappa shape index (κ2) is 6.39. The van der Waals surface area contributed by atoms with E-state index in [1.807, 2.05) is 0 Å². The van der Waals surface area contributed by atoms with Crippen molar-refractivity contribution in [2.45, 2.75) is 32.6 Å². The number of unbranched alkanes of at least 4 members (excludes halogenated alkanes) is 1. The van der Waals surface area contributed by atoms with Crippen molar-refractivity contribution in [2.24, 2.45) is 0 Å². The van der Waals surface area contributed by atoms with Crippen LogP contribution >= 0.6 is 0 Å². The molecule has 0 aliphatic carbocycles. The second-order valence-electron chi connectivity index (χ2n) is 4.21. The largest absolute Gasteiger partial charge is 0.305 e. The highest BCUT2D eigenvalue weighted by molar-refractivity contribution is 4.67. The minimum absolute atomic E-state index is 1.25. The van der Waals surface area contributed by atoms with Crippen molar-refractivity contribution in [2.75, 3.05) is 39.8 Å². The number of rotatable bonds is 6. The molecular weight excluding hydrogens is 160 g/mol. The monoisotopic (exact) mass is 184 g/mol. The van der Waals surface area contributed by atoms with Gasteiger partial charge in [0.15, 0.2) is 0 Å². The molecule has 1 rings (SSSR count). The first-order valence-electron chi connectivity index (χ1n) is 5.74. The van der Waals surface area contributed by atoms with E-state index in [1.54, 1.807) is 0 Å². The number of likely N-dealkylation sites (tertiary alicyclic amines) is 1. The van der Waals surface area contributed by atoms with Gasteiger partial charge in [0.25, 0.3) is 0 Å². The van der Waals surface area contributed by atoms with Gasteiger partial charge in [-0.1, -0.05) is 13.3 Å². The third kappa shape index (κ3) is 4.63. The minimum atomic E-state index is 1.25. The van der Waals surface area contributed by atoms with E-state index in [-0.39, 0.29) is 0 Å². The van der Waals surface area contributed by atoms with Gasteiger partial charge in [0.1, 0.15) is 0 Å². The maximum Gasteiger partial charge on any atom is 0.0109 e. The summed E-state index contributed by atoms with van der Waals surface area (Å²) in [5.74, 6) is 0. The Kier molecular flexibility index (Phi) is 5.40. The quantitative estimate of drug-likeness (QED) is 0.621. The molecule has 0 unspecified atom stereocenters. The first-order valence-corrected chi connectivity index (χ1v) is 5.74. The van der Waals surface area contributed by atoms with E-state index < -0.39 is 0 Å². The first kappa shape index (κ1) is 11.0. The van der Waals surface area contributed by atoms with Crippen LogP contribution in [0.15, 0.2) is 0 Å². The molecule has 13 heavy (non-hydrogen) atoms. The molecule has 1 heterocycles. The first-order chi connectivity index (χ1) is 6.33. The van der Waals surface area contributed by atoms with E-state index in [4.69, 9.17) is 0 Å². The molecule has 0 amide bonds. The lowest BCUT2D eigenvalue weighted by Crippen LogP contribution is -2.31. The zero-order valence-corrected chi connectivity index (χ0v) is 9.26. The van der Waals surface area contributed by atoms with Gasteiger partial charge >= 0.3 is 0 Å². The maximum atomic E-state index is 2.59. The summed E-state index contributed by atoms with van der Waals surface area (Å²) in [6.07, 6.45) is 5.49. The second-order valence-corrected chi connectivity index (χ2v) is 4.21. The van der Waals surface area contributed by atoms with Crippen LogP contribution in [0.3, 0.4) is 0 Å². The predicted molar refractivity (Wildman–Crippen MR) is 58.1 cm³/mol. The lowest BCUT2D eigenvalue weighted by Gasteiger charge is -2.20. The van der Waals surface area contributed by atoms with Gasteiger partial charge in [-0.2, -0.15) is 0 Å². The van der Waals surface area contributed by atoms with E-state index in [2.05, 4.69) is 23.8 Å². The lowest BCUT2D eigenvalue weighted by atomic mass is 10.3. The van der Waals surface area contributed by atoms with Crippen LogP contribution in [-0.4, -0.2) is 49.6 Å². The highest BCUT2D eigenvalue weighted by atomic mass is 15.2. The van der Waals surface area contributed by atoms with Crippen LogP contribution in [0, 0.1) is 0 Å². The van der Waals surface area contributed by atoms with Gasteiger partial charge in [-0.3, -0.25) is 0 Å². The average Bonchev–Trinajstić information content (AvgIpc) is 2.64. The molecule has 0 atom stereocenters. The van der Waals surface area contributed by atoms with E-state index in [1.165, 1.54) is 58.4 Å². The van der Waals surface area contributed by atoms with Gasteiger partial charge in [-0.25, -0.2) is 0 Å². The molecule has 1 aliphatic heterocycles. The Labute approximate surface area is 82.9 Å². The van der Waals surface area contributed by atoms with Crippen LogP contribution in [-0.2, 0) is 0 Å². The van der Waals surface area contributed by atoms with Gasteiger partial charge in [-0.05, 0) is 45.9 Å². The SMILES string of the molecule is CCCCN(C)CCN1CCCC1. The van der Waals surface area contributed by atoms with Crippen LogP contribution in [0.1, 0.15) is 32.6 Å². The fourth-order valence-electron chi connectivity index (χ4n) is 1.86. The molecule has 0 aromatic rings. The lowest BCUT2D eigenvalue weighted by molar-refractivity contribution is 0.255. The number of nitrogens with zero attached hydrogens (tertiary/aromatic N) is 2. The fourth-order valence-corrected chi connectivity index (χ4v) is 1.86. The number of likely N-dealkylation sites (N-methyl/N-ethyl adjacent to an activating group) is 1. The molecule has 2 nitrogen and oxygen atoms in total. The topological polar surface area (TPSA) is 6.48 Å². The molecule has 0 bridgehead atoms. The predicted octanol–water partition coefficient (Wildman–Crippen LogP) is 1.81. The van der Waals surface area contributed by atoms with Crippen LogP contribution in [0.5, 0.6) is 0 Å². The van der Waals surface area contributed by atoms with Crippen molar-refractivity contribution < 1.29 is 0 Å². The van der Waals surface area contributed by atoms with Crippen molar-refractivity contribution >= 4 is 0 Å². The third-order valence-electron chi connectivity index (χ3n) is 2.89. The third-order valence-corrected chi connectivity index (χ3v) is 2.89. The summed E-state index contributed by atoms with van der Waals surface area (Å²) in [6.45, 7) is 8.72. The Morgan fingerprint density at radius 1 is 1.15 bits per heavy atom. The normalized spacial score (nSPS) is 18.7. The minimum Gasteiger partial charge on any atom is -0.305 e. The van der Waals surface area contributed by atoms with E-state index >= 15 is 0 Å². The maximum absolute atomic E-state index is 2.59. The molecule has 1 saturated heterocycles. The highest BCUT2D eigenvalue weighted by Gasteiger charge is 2.11. The molecular formula is C11H24N2. The van der Waals surface area contributed by atoms with E-state index in [9.17, 15) is 0 Å². The number of hydrogen-bond acceptors (Lipinski definition) is 2. The van der Waals surface area contributed by atoms with Gasteiger partial charge in [-0.15, -0.1) is 0 Å². The molecule has 0 aromatic carbocycles. The zero-order valence-electron chi connectivity index (χ0n) is 9.26. The van der Waals surface area contributed by atoms with Crippen molar-refractivity contribution in [3.8, 4) is 0 Å². The molecule has 78 valence electrons. The van der Waals surface area contributed by atoms with E-state index in [0.29, 0.717) is 0 Å². The van der Waals surface area contributed by atoms with Crippen LogP contribution in [0.4, 0.5) is 0 Å². The van der Waals surface area contributed by atoms with Crippen molar-refractivity contribution in [1.29, 1.82) is 0 Å². The van der Waals surface area contributed by atoms with Crippen molar-refractivity contribution in [3.63, 3.8) is 0 Å². The molecule has 1 aliphatic rings. The summed E-state index contributed by atoms with van der Waals surface area (Å²) in [5.41, 5.74) is 0. The Hall–Kier alpha value is -0.0800. The van der Waals surface area contributed by atoms with Gasteiger partial charge < -0.3 is 9.80 Å². The van der Waals surface area contributed by atoms with E-state index in [0.717, 1.165) is 0 Å². The van der Waals surface area contributed by atoms with Gasteiger partial charge in [0.2, 0.25) is 0 Å². The summed E-state index contributed by atoms with van der Waals surface area (Å²) < 4.78 is 0. The number of hydrogen-bond donors (Lipinski definition) is 0. The molecule has 0 radical (unpaired) electrons. The average molecular weight is 184 g/mol. The Bertz CT molecular complexity index is 119. The highest BCUT2D eigenvalue weighted by Crippen LogP contribution is 2.06. The van der Waals surface area contributed by atoms with Crippen molar-refractivity contribution in [3.05, 3.63) is 0 Å². The molecule has 1 fully saturated rings. The summed E-state index contributed by atoms with van der Waals surface area (Å²) in [7, 11) is 2.24. The van der Waals surface area contributed by atoms with Crippen LogP contribution in [0.2, 0.25) is 0 Å².